The minimum absolute atomic E-state index is 0.327. The Bertz CT molecular complexity index is 537. The van der Waals surface area contributed by atoms with Gasteiger partial charge in [-0.1, -0.05) is 6.07 Å². The Labute approximate surface area is 133 Å². The highest BCUT2D eigenvalue weighted by Crippen LogP contribution is 2.37. The Morgan fingerprint density at radius 3 is 2.23 bits per heavy atom. The number of benzene rings is 1. The van der Waals surface area contributed by atoms with E-state index in [1.165, 1.54) is 5.56 Å². The summed E-state index contributed by atoms with van der Waals surface area (Å²) in [4.78, 5) is 0. The Morgan fingerprint density at radius 2 is 1.64 bits per heavy atom. The third-order valence-corrected chi connectivity index (χ3v) is 5.28. The number of nitrogens with two attached hydrogens (primary N) is 1. The molecule has 4 nitrogen and oxygen atoms in total. The lowest BCUT2D eigenvalue weighted by molar-refractivity contribution is 0.00578. The van der Waals surface area contributed by atoms with Crippen LogP contribution < -0.4 is 11.2 Å². The van der Waals surface area contributed by atoms with Crippen molar-refractivity contribution in [1.29, 1.82) is 0 Å². The van der Waals surface area contributed by atoms with Crippen LogP contribution in [0.4, 0.5) is 5.69 Å². The van der Waals surface area contributed by atoms with Gasteiger partial charge in [0.25, 0.3) is 0 Å². The number of anilines is 1. The first-order chi connectivity index (χ1) is 10.3. The van der Waals surface area contributed by atoms with Gasteiger partial charge in [0.1, 0.15) is 0 Å². The van der Waals surface area contributed by atoms with Crippen molar-refractivity contribution in [2.45, 2.75) is 57.7 Å². The van der Waals surface area contributed by atoms with Crippen molar-refractivity contribution < 1.29 is 14.0 Å². The maximum Gasteiger partial charge on any atom is 0.495 e. The molecule has 0 bridgehead atoms. The van der Waals surface area contributed by atoms with Crippen molar-refractivity contribution in [2.24, 2.45) is 0 Å². The molecule has 1 aromatic rings. The lowest BCUT2D eigenvalue weighted by Gasteiger charge is -2.32. The quantitative estimate of drug-likeness (QED) is 0.673. The van der Waals surface area contributed by atoms with Crippen LogP contribution in [-0.2, 0) is 14.0 Å². The summed E-state index contributed by atoms with van der Waals surface area (Å²) < 4.78 is 17.9. The molecule has 2 aliphatic rings. The zero-order valence-corrected chi connectivity index (χ0v) is 14.0. The molecule has 0 unspecified atom stereocenters. The largest absolute Gasteiger partial charge is 0.495 e. The van der Waals surface area contributed by atoms with Gasteiger partial charge < -0.3 is 19.8 Å². The predicted molar refractivity (Wildman–Crippen MR) is 89.4 cm³/mol. The molecule has 2 fully saturated rings. The van der Waals surface area contributed by atoms with E-state index >= 15 is 0 Å². The molecule has 0 amide bonds. The SMILES string of the molecule is CC1(C)OB(c2ccc(N)cc2C2CCOCC2)OC1(C)C. The summed E-state index contributed by atoms with van der Waals surface area (Å²) in [6.07, 6.45) is 2.05. The molecular weight excluding hydrogens is 277 g/mol. The minimum Gasteiger partial charge on any atom is -0.399 e. The number of ether oxygens (including phenoxy) is 1. The van der Waals surface area contributed by atoms with Crippen molar-refractivity contribution in [1.82, 2.24) is 0 Å². The zero-order valence-electron chi connectivity index (χ0n) is 14.0. The van der Waals surface area contributed by atoms with Crippen LogP contribution >= 0.6 is 0 Å². The van der Waals surface area contributed by atoms with Crippen LogP contribution in [0.3, 0.4) is 0 Å². The normalized spacial score (nSPS) is 24.6. The van der Waals surface area contributed by atoms with Crippen molar-refractivity contribution in [3.8, 4) is 0 Å². The molecule has 22 heavy (non-hydrogen) atoms. The second-order valence-electron chi connectivity index (χ2n) is 7.36. The Morgan fingerprint density at radius 1 is 1.05 bits per heavy atom. The van der Waals surface area contributed by atoms with Crippen LogP contribution in [0.1, 0.15) is 52.0 Å². The van der Waals surface area contributed by atoms with Crippen molar-refractivity contribution in [3.05, 3.63) is 23.8 Å². The first-order valence-corrected chi connectivity index (χ1v) is 8.13. The molecule has 0 atom stereocenters. The summed E-state index contributed by atoms with van der Waals surface area (Å²) in [6.45, 7) is 9.94. The van der Waals surface area contributed by atoms with Gasteiger partial charge in [-0.05, 0) is 69.6 Å². The Kier molecular flexibility index (Phi) is 4.00. The number of rotatable bonds is 2. The molecule has 0 spiro atoms. The Balaban J connectivity index is 1.94. The van der Waals surface area contributed by atoms with E-state index in [0.717, 1.165) is 37.2 Å². The third-order valence-electron chi connectivity index (χ3n) is 5.28. The summed E-state index contributed by atoms with van der Waals surface area (Å²) in [6, 6.07) is 6.07. The highest BCUT2D eigenvalue weighted by atomic mass is 16.7. The molecule has 0 aromatic heterocycles. The smallest absolute Gasteiger partial charge is 0.399 e. The van der Waals surface area contributed by atoms with Gasteiger partial charge in [0.15, 0.2) is 0 Å². The van der Waals surface area contributed by atoms with Crippen LogP contribution in [0.5, 0.6) is 0 Å². The fourth-order valence-electron chi connectivity index (χ4n) is 3.14. The summed E-state index contributed by atoms with van der Waals surface area (Å²) in [5.74, 6) is 0.464. The van der Waals surface area contributed by atoms with Gasteiger partial charge in [-0.3, -0.25) is 0 Å². The molecule has 5 heteroatoms. The average Bonchev–Trinajstić information content (AvgIpc) is 2.68. The fraction of sp³-hybridized carbons (Fsp3) is 0.647. The number of hydrogen-bond donors (Lipinski definition) is 1. The molecule has 120 valence electrons. The first kappa shape index (κ1) is 15.8. The van der Waals surface area contributed by atoms with Crippen LogP contribution in [-0.4, -0.2) is 31.5 Å². The minimum atomic E-state index is -0.330. The topological polar surface area (TPSA) is 53.7 Å². The van der Waals surface area contributed by atoms with E-state index in [2.05, 4.69) is 39.8 Å². The molecule has 0 aliphatic carbocycles. The molecule has 2 saturated heterocycles. The van der Waals surface area contributed by atoms with Gasteiger partial charge in [0.2, 0.25) is 0 Å². The number of hydrogen-bond acceptors (Lipinski definition) is 4. The Hall–Kier alpha value is -1.04. The average molecular weight is 303 g/mol. The second-order valence-corrected chi connectivity index (χ2v) is 7.36. The van der Waals surface area contributed by atoms with Gasteiger partial charge in [0.05, 0.1) is 11.2 Å². The molecule has 2 N–H and O–H groups in total. The van der Waals surface area contributed by atoms with Crippen LogP contribution in [0, 0.1) is 0 Å². The summed E-state index contributed by atoms with van der Waals surface area (Å²) in [7, 11) is -0.330. The fourth-order valence-corrected chi connectivity index (χ4v) is 3.14. The molecule has 2 aliphatic heterocycles. The molecule has 0 saturated carbocycles. The van der Waals surface area contributed by atoms with Gasteiger partial charge in [-0.25, -0.2) is 0 Å². The van der Waals surface area contributed by atoms with Crippen LogP contribution in [0.25, 0.3) is 0 Å². The van der Waals surface area contributed by atoms with Crippen LogP contribution in [0.15, 0.2) is 18.2 Å². The standard InChI is InChI=1S/C17H26BNO3/c1-16(2)17(3,4)22-18(21-16)15-6-5-13(19)11-14(15)12-7-9-20-10-8-12/h5-6,11-12H,7-10,19H2,1-4H3. The molecule has 3 rings (SSSR count). The summed E-state index contributed by atoms with van der Waals surface area (Å²) >= 11 is 0. The van der Waals surface area contributed by atoms with E-state index in [-0.39, 0.29) is 18.3 Å². The van der Waals surface area contributed by atoms with E-state index in [9.17, 15) is 0 Å². The first-order valence-electron chi connectivity index (χ1n) is 8.13. The van der Waals surface area contributed by atoms with E-state index in [1.54, 1.807) is 0 Å². The predicted octanol–water partition coefficient (Wildman–Crippen LogP) is 2.46. The van der Waals surface area contributed by atoms with Gasteiger partial charge >= 0.3 is 7.12 Å². The van der Waals surface area contributed by atoms with E-state index in [1.807, 2.05) is 6.07 Å². The number of nitrogen functional groups attached to an aromatic ring is 1. The molecule has 1 aromatic carbocycles. The van der Waals surface area contributed by atoms with Crippen LogP contribution in [0.2, 0.25) is 0 Å². The second kappa shape index (κ2) is 5.55. The van der Waals surface area contributed by atoms with Gasteiger partial charge in [-0.15, -0.1) is 0 Å². The monoisotopic (exact) mass is 303 g/mol. The highest BCUT2D eigenvalue weighted by molar-refractivity contribution is 6.62. The summed E-state index contributed by atoms with van der Waals surface area (Å²) in [5, 5.41) is 0. The van der Waals surface area contributed by atoms with E-state index in [4.69, 9.17) is 19.8 Å². The highest BCUT2D eigenvalue weighted by Gasteiger charge is 2.52. The molecular formula is C17H26BNO3. The van der Waals surface area contributed by atoms with Crippen molar-refractivity contribution in [3.63, 3.8) is 0 Å². The third kappa shape index (κ3) is 2.77. The lowest BCUT2D eigenvalue weighted by Crippen LogP contribution is -2.41. The maximum atomic E-state index is 6.23. The van der Waals surface area contributed by atoms with Gasteiger partial charge in [-0.2, -0.15) is 0 Å². The summed E-state index contributed by atoms with van der Waals surface area (Å²) in [5.41, 5.74) is 8.53. The van der Waals surface area contributed by atoms with Gasteiger partial charge in [0, 0.05) is 18.9 Å². The van der Waals surface area contributed by atoms with Crippen molar-refractivity contribution in [2.75, 3.05) is 18.9 Å². The lowest BCUT2D eigenvalue weighted by atomic mass is 9.71. The van der Waals surface area contributed by atoms with E-state index < -0.39 is 0 Å². The van der Waals surface area contributed by atoms with Crippen molar-refractivity contribution >= 4 is 18.3 Å². The maximum absolute atomic E-state index is 6.23. The van der Waals surface area contributed by atoms with E-state index in [0.29, 0.717) is 5.92 Å². The molecule has 0 radical (unpaired) electrons. The molecule has 2 heterocycles. The zero-order chi connectivity index (χ0) is 16.0.